The zero-order chi connectivity index (χ0) is 35.7. The standard InChI is InChI=1S/C37H38N6O8/c38-34(23-10-13-39-14-11-23)30(25-2-5-27-24(20-25)3-7-31(27)42-48)22-40-12-1-15-49-16-17-50-18-19-51-26-4-6-28-29(21-26)37(47)43(36(28)46)32-8-9-33(44)41-35(32)45/h2,4-6,10-11,13-14,20-22,32,38,40,48H,1,3,7-9,12,15-19H2,(H,41,44,45)/b30-22-,38-34?,42-31+. The predicted molar refractivity (Wildman–Crippen MR) is 185 cm³/mol. The molecule has 6 rings (SSSR count). The molecule has 2 aliphatic heterocycles. The minimum Gasteiger partial charge on any atom is -0.491 e. The van der Waals surface area contributed by atoms with Gasteiger partial charge in [0.05, 0.1) is 42.4 Å². The molecule has 4 N–H and O–H groups in total. The van der Waals surface area contributed by atoms with Crippen molar-refractivity contribution in [3.05, 3.63) is 101 Å². The topological polar surface area (TPSA) is 193 Å². The first kappa shape index (κ1) is 35.1. The van der Waals surface area contributed by atoms with Gasteiger partial charge >= 0.3 is 0 Å². The van der Waals surface area contributed by atoms with E-state index in [9.17, 15) is 24.4 Å². The second-order valence-corrected chi connectivity index (χ2v) is 12.1. The molecule has 0 bridgehead atoms. The number of nitrogens with zero attached hydrogens (tertiary/aromatic N) is 3. The average molecular weight is 695 g/mol. The molecule has 0 saturated carbocycles. The number of benzene rings is 2. The van der Waals surface area contributed by atoms with Gasteiger partial charge in [0.25, 0.3) is 11.8 Å². The number of allylic oxidation sites excluding steroid dienone is 1. The Kier molecular flexibility index (Phi) is 11.2. The second kappa shape index (κ2) is 16.3. The number of aryl methyl sites for hydroxylation is 1. The third kappa shape index (κ3) is 8.03. The van der Waals surface area contributed by atoms with Gasteiger partial charge in [0.15, 0.2) is 0 Å². The van der Waals surface area contributed by atoms with Crippen molar-refractivity contribution in [2.75, 3.05) is 39.6 Å². The molecule has 2 aromatic carbocycles. The van der Waals surface area contributed by atoms with E-state index in [2.05, 4.69) is 26.8 Å². The van der Waals surface area contributed by atoms with E-state index in [4.69, 9.17) is 19.6 Å². The normalized spacial score (nSPS) is 17.8. The van der Waals surface area contributed by atoms with Gasteiger partial charge in [0, 0.05) is 54.9 Å². The molecule has 51 heavy (non-hydrogen) atoms. The Morgan fingerprint density at radius 3 is 2.43 bits per heavy atom. The molecule has 1 aromatic heterocycles. The number of fused-ring (bicyclic) bond motifs is 2. The SMILES string of the molecule is N=C(/C(=C\NCCCOCCOCCOc1ccc2c(c1)C(=O)N(C1CCC(=O)NC1=O)C2=O)c1ccc2c(c1)CC/C2=N\O)c1ccncc1. The van der Waals surface area contributed by atoms with Crippen LogP contribution in [0, 0.1) is 5.41 Å². The Hall–Kier alpha value is -5.73. The van der Waals surface area contributed by atoms with Gasteiger partial charge in [-0.2, -0.15) is 0 Å². The fourth-order valence-corrected chi connectivity index (χ4v) is 6.25. The van der Waals surface area contributed by atoms with Gasteiger partial charge in [0.2, 0.25) is 11.8 Å². The van der Waals surface area contributed by atoms with E-state index in [1.165, 1.54) is 12.1 Å². The van der Waals surface area contributed by atoms with Crippen molar-refractivity contribution in [3.8, 4) is 5.75 Å². The Balaban J connectivity index is 0.895. The van der Waals surface area contributed by atoms with Gasteiger partial charge in [-0.1, -0.05) is 23.4 Å². The lowest BCUT2D eigenvalue weighted by atomic mass is 9.94. The van der Waals surface area contributed by atoms with E-state index in [1.807, 2.05) is 18.3 Å². The van der Waals surface area contributed by atoms with Crippen molar-refractivity contribution in [3.63, 3.8) is 0 Å². The number of carbonyl (C=O) groups is 4. The highest BCUT2D eigenvalue weighted by Crippen LogP contribution is 2.31. The fraction of sp³-hybridized carbons (Fsp3) is 0.324. The second-order valence-electron chi connectivity index (χ2n) is 12.1. The van der Waals surface area contributed by atoms with Gasteiger partial charge in [-0.25, -0.2) is 0 Å². The number of amides is 4. The van der Waals surface area contributed by atoms with Crippen molar-refractivity contribution in [1.29, 1.82) is 5.41 Å². The molecule has 1 unspecified atom stereocenters. The van der Waals surface area contributed by atoms with E-state index in [0.29, 0.717) is 50.0 Å². The van der Waals surface area contributed by atoms with E-state index in [-0.39, 0.29) is 37.2 Å². The molecule has 14 nitrogen and oxygen atoms in total. The number of oxime groups is 1. The van der Waals surface area contributed by atoms with Crippen molar-refractivity contribution in [2.24, 2.45) is 5.16 Å². The molecule has 1 aliphatic carbocycles. The van der Waals surface area contributed by atoms with E-state index >= 15 is 0 Å². The maximum atomic E-state index is 13.0. The van der Waals surface area contributed by atoms with Crippen LogP contribution in [0.2, 0.25) is 0 Å². The van der Waals surface area contributed by atoms with Crippen LogP contribution in [0.5, 0.6) is 5.75 Å². The molecule has 1 fully saturated rings. The molecule has 1 saturated heterocycles. The van der Waals surface area contributed by atoms with Crippen LogP contribution >= 0.6 is 0 Å². The largest absolute Gasteiger partial charge is 0.491 e. The van der Waals surface area contributed by atoms with Gasteiger partial charge in [-0.05, 0) is 67.1 Å². The van der Waals surface area contributed by atoms with Crippen LogP contribution in [-0.2, 0) is 25.5 Å². The summed E-state index contributed by atoms with van der Waals surface area (Å²) in [5.74, 6) is -1.85. The van der Waals surface area contributed by atoms with Crippen LogP contribution in [-0.4, -0.2) is 95.8 Å². The summed E-state index contributed by atoms with van der Waals surface area (Å²) in [5, 5.41) is 27.1. The lowest BCUT2D eigenvalue weighted by Crippen LogP contribution is -2.54. The summed E-state index contributed by atoms with van der Waals surface area (Å²) >= 11 is 0. The number of hydrogen-bond acceptors (Lipinski definition) is 12. The summed E-state index contributed by atoms with van der Waals surface area (Å²) in [6.45, 7) is 2.40. The molecular formula is C37H38N6O8. The molecule has 0 radical (unpaired) electrons. The number of ether oxygens (including phenoxy) is 3. The number of aromatic nitrogens is 1. The van der Waals surface area contributed by atoms with Crippen LogP contribution in [0.4, 0.5) is 0 Å². The van der Waals surface area contributed by atoms with Crippen LogP contribution in [0.1, 0.15) is 68.7 Å². The van der Waals surface area contributed by atoms with Gasteiger partial charge in [-0.15, -0.1) is 0 Å². The molecular weight excluding hydrogens is 656 g/mol. The molecule has 1 atom stereocenters. The molecule has 4 amide bonds. The quantitative estimate of drug-likeness (QED) is 0.0570. The predicted octanol–water partition coefficient (Wildman–Crippen LogP) is 3.11. The lowest BCUT2D eigenvalue weighted by molar-refractivity contribution is -0.136. The van der Waals surface area contributed by atoms with Gasteiger partial charge in [-0.3, -0.25) is 39.8 Å². The van der Waals surface area contributed by atoms with Crippen molar-refractivity contribution in [1.82, 2.24) is 20.5 Å². The molecule has 3 aliphatic rings. The number of pyridine rings is 1. The van der Waals surface area contributed by atoms with E-state index < -0.39 is 29.7 Å². The number of nitrogens with one attached hydrogen (secondary N) is 3. The number of hydrogen-bond donors (Lipinski definition) is 4. The summed E-state index contributed by atoms with van der Waals surface area (Å²) in [5.41, 5.74) is 5.81. The van der Waals surface area contributed by atoms with Crippen LogP contribution < -0.4 is 15.4 Å². The summed E-state index contributed by atoms with van der Waals surface area (Å²) in [6, 6.07) is 13.1. The first-order chi connectivity index (χ1) is 24.9. The van der Waals surface area contributed by atoms with Crippen molar-refractivity contribution < 1.29 is 38.6 Å². The van der Waals surface area contributed by atoms with Crippen LogP contribution in [0.15, 0.2) is 72.3 Å². The number of imide groups is 2. The smallest absolute Gasteiger partial charge is 0.262 e. The zero-order valence-corrected chi connectivity index (χ0v) is 27.9. The highest BCUT2D eigenvalue weighted by molar-refractivity contribution is 6.30. The average Bonchev–Trinajstić information content (AvgIpc) is 3.67. The van der Waals surface area contributed by atoms with Crippen LogP contribution in [0.3, 0.4) is 0 Å². The number of carbonyl (C=O) groups excluding carboxylic acids is 4. The third-order valence-electron chi connectivity index (χ3n) is 8.85. The van der Waals surface area contributed by atoms with Gasteiger partial charge in [0.1, 0.15) is 18.4 Å². The van der Waals surface area contributed by atoms with Crippen molar-refractivity contribution >= 4 is 40.6 Å². The highest BCUT2D eigenvalue weighted by atomic mass is 16.5. The maximum Gasteiger partial charge on any atom is 0.262 e. The summed E-state index contributed by atoms with van der Waals surface area (Å²) in [4.78, 5) is 54.5. The Bertz CT molecular complexity index is 1890. The zero-order valence-electron chi connectivity index (χ0n) is 27.9. The number of rotatable bonds is 16. The maximum absolute atomic E-state index is 13.0. The Labute approximate surface area is 294 Å². The first-order valence-corrected chi connectivity index (χ1v) is 16.8. The first-order valence-electron chi connectivity index (χ1n) is 16.8. The third-order valence-corrected chi connectivity index (χ3v) is 8.85. The monoisotopic (exact) mass is 694 g/mol. The number of piperidine rings is 1. The lowest BCUT2D eigenvalue weighted by Gasteiger charge is -2.27. The molecule has 3 heterocycles. The Morgan fingerprint density at radius 2 is 1.65 bits per heavy atom. The van der Waals surface area contributed by atoms with Crippen LogP contribution in [0.25, 0.3) is 5.57 Å². The molecule has 14 heteroatoms. The molecule has 0 spiro atoms. The summed E-state index contributed by atoms with van der Waals surface area (Å²) in [6.07, 6.45) is 7.54. The molecule has 264 valence electrons. The van der Waals surface area contributed by atoms with E-state index in [0.717, 1.165) is 45.6 Å². The summed E-state index contributed by atoms with van der Waals surface area (Å²) in [7, 11) is 0. The minimum atomic E-state index is -1.02. The fourth-order valence-electron chi connectivity index (χ4n) is 6.25. The van der Waals surface area contributed by atoms with E-state index in [1.54, 1.807) is 30.6 Å². The molecule has 3 aromatic rings. The minimum absolute atomic E-state index is 0.0576. The van der Waals surface area contributed by atoms with Gasteiger partial charge < -0.3 is 24.7 Å². The van der Waals surface area contributed by atoms with Crippen molar-refractivity contribution in [2.45, 2.75) is 38.1 Å². The Morgan fingerprint density at radius 1 is 0.902 bits per heavy atom. The highest BCUT2D eigenvalue weighted by Gasteiger charge is 2.44. The summed E-state index contributed by atoms with van der Waals surface area (Å²) < 4.78 is 17.0.